The molecule has 2 amide bonds. The Hall–Kier alpha value is -1.39. The first-order valence-corrected chi connectivity index (χ1v) is 8.14. The minimum atomic E-state index is -0.875. The molecule has 3 fully saturated rings. The van der Waals surface area contributed by atoms with Gasteiger partial charge >= 0.3 is 5.97 Å². The zero-order valence-electron chi connectivity index (χ0n) is 12.3. The van der Waals surface area contributed by atoms with Crippen molar-refractivity contribution in [2.24, 2.45) is 11.3 Å². The van der Waals surface area contributed by atoms with Crippen LogP contribution in [0.15, 0.2) is 0 Å². The van der Waals surface area contributed by atoms with Crippen LogP contribution in [-0.2, 0) is 14.4 Å². The van der Waals surface area contributed by atoms with Gasteiger partial charge < -0.3 is 5.11 Å². The molecule has 0 aromatic carbocycles. The number of hydrogen-bond acceptors (Lipinski definition) is 3. The SMILES string of the molecule is O=C(O)C1CCCC1N1C(=O)CC2(CCCCCC2)C1=O. The van der Waals surface area contributed by atoms with Gasteiger partial charge in [0.05, 0.1) is 17.4 Å². The van der Waals surface area contributed by atoms with E-state index in [-0.39, 0.29) is 11.8 Å². The van der Waals surface area contributed by atoms with E-state index < -0.39 is 23.3 Å². The number of carbonyl (C=O) groups excluding carboxylic acids is 2. The fourth-order valence-electron chi connectivity index (χ4n) is 4.49. The van der Waals surface area contributed by atoms with Crippen molar-refractivity contribution in [2.45, 2.75) is 70.3 Å². The Morgan fingerprint density at radius 1 is 1.05 bits per heavy atom. The van der Waals surface area contributed by atoms with E-state index in [1.807, 2.05) is 0 Å². The number of carboxylic acid groups (broad SMARTS) is 1. The molecule has 2 aliphatic carbocycles. The number of likely N-dealkylation sites (tertiary alicyclic amines) is 1. The molecule has 1 aliphatic heterocycles. The molecule has 116 valence electrons. The first-order valence-electron chi connectivity index (χ1n) is 8.14. The van der Waals surface area contributed by atoms with Crippen molar-refractivity contribution in [3.05, 3.63) is 0 Å². The van der Waals surface area contributed by atoms with E-state index in [1.54, 1.807) is 0 Å². The zero-order valence-corrected chi connectivity index (χ0v) is 12.3. The number of carbonyl (C=O) groups is 3. The second kappa shape index (κ2) is 5.43. The van der Waals surface area contributed by atoms with Crippen LogP contribution in [0, 0.1) is 11.3 Å². The predicted molar refractivity (Wildman–Crippen MR) is 75.4 cm³/mol. The van der Waals surface area contributed by atoms with Gasteiger partial charge in [0.2, 0.25) is 11.8 Å². The molecule has 2 saturated carbocycles. The van der Waals surface area contributed by atoms with Crippen molar-refractivity contribution >= 4 is 17.8 Å². The summed E-state index contributed by atoms with van der Waals surface area (Å²) in [7, 11) is 0. The lowest BCUT2D eigenvalue weighted by atomic mass is 9.79. The van der Waals surface area contributed by atoms with Crippen LogP contribution in [0.5, 0.6) is 0 Å². The van der Waals surface area contributed by atoms with Crippen LogP contribution < -0.4 is 0 Å². The van der Waals surface area contributed by atoms with Crippen molar-refractivity contribution in [3.63, 3.8) is 0 Å². The number of aliphatic carboxylic acids is 1. The van der Waals surface area contributed by atoms with Gasteiger partial charge in [-0.15, -0.1) is 0 Å². The molecule has 0 bridgehead atoms. The highest BCUT2D eigenvalue weighted by atomic mass is 16.4. The normalized spacial score (nSPS) is 32.7. The van der Waals surface area contributed by atoms with Gasteiger partial charge in [0.15, 0.2) is 0 Å². The number of hydrogen-bond donors (Lipinski definition) is 1. The summed E-state index contributed by atoms with van der Waals surface area (Å²) in [4.78, 5) is 38.1. The van der Waals surface area contributed by atoms with Crippen molar-refractivity contribution in [1.82, 2.24) is 4.90 Å². The second-order valence-corrected chi connectivity index (χ2v) is 6.88. The van der Waals surface area contributed by atoms with E-state index in [9.17, 15) is 19.5 Å². The van der Waals surface area contributed by atoms with E-state index in [4.69, 9.17) is 0 Å². The maximum absolute atomic E-state index is 12.9. The quantitative estimate of drug-likeness (QED) is 0.793. The molecule has 2 atom stereocenters. The van der Waals surface area contributed by atoms with Gasteiger partial charge in [0.25, 0.3) is 0 Å². The van der Waals surface area contributed by atoms with Gasteiger partial charge in [-0.3, -0.25) is 19.3 Å². The maximum Gasteiger partial charge on any atom is 0.308 e. The smallest absolute Gasteiger partial charge is 0.308 e. The number of imide groups is 1. The van der Waals surface area contributed by atoms with Crippen LogP contribution in [0.1, 0.15) is 64.2 Å². The van der Waals surface area contributed by atoms with Crippen LogP contribution in [0.2, 0.25) is 0 Å². The van der Waals surface area contributed by atoms with E-state index >= 15 is 0 Å². The van der Waals surface area contributed by atoms with Gasteiger partial charge in [-0.05, 0) is 25.7 Å². The predicted octanol–water partition coefficient (Wildman–Crippen LogP) is 2.34. The number of rotatable bonds is 2. The molecular weight excluding hydrogens is 270 g/mol. The molecule has 21 heavy (non-hydrogen) atoms. The summed E-state index contributed by atoms with van der Waals surface area (Å²) in [5.41, 5.74) is -0.515. The fraction of sp³-hybridized carbons (Fsp3) is 0.812. The summed E-state index contributed by atoms with van der Waals surface area (Å²) in [6.07, 6.45) is 8.14. The molecule has 2 unspecified atom stereocenters. The first-order chi connectivity index (χ1) is 10.1. The Labute approximate surface area is 124 Å². The van der Waals surface area contributed by atoms with Crippen LogP contribution in [-0.4, -0.2) is 33.8 Å². The molecule has 0 radical (unpaired) electrons. The molecule has 1 heterocycles. The molecule has 0 aromatic heterocycles. The highest BCUT2D eigenvalue weighted by Gasteiger charge is 2.55. The van der Waals surface area contributed by atoms with Crippen LogP contribution in [0.3, 0.4) is 0 Å². The summed E-state index contributed by atoms with van der Waals surface area (Å²) >= 11 is 0. The fourth-order valence-corrected chi connectivity index (χ4v) is 4.49. The van der Waals surface area contributed by atoms with Gasteiger partial charge in [-0.1, -0.05) is 32.1 Å². The van der Waals surface area contributed by atoms with Gasteiger partial charge in [-0.25, -0.2) is 0 Å². The van der Waals surface area contributed by atoms with Crippen molar-refractivity contribution in [1.29, 1.82) is 0 Å². The van der Waals surface area contributed by atoms with Crippen LogP contribution in [0.4, 0.5) is 0 Å². The standard InChI is InChI=1S/C16H23NO4/c18-13-10-16(8-3-1-2-4-9-16)15(21)17(13)12-7-5-6-11(12)14(19)20/h11-12H,1-10H2,(H,19,20). The summed E-state index contributed by atoms with van der Waals surface area (Å²) in [5, 5.41) is 9.31. The zero-order chi connectivity index (χ0) is 15.0. The maximum atomic E-state index is 12.9. The van der Waals surface area contributed by atoms with Gasteiger partial charge in [0.1, 0.15) is 0 Å². The number of carboxylic acids is 1. The summed E-state index contributed by atoms with van der Waals surface area (Å²) in [6.45, 7) is 0. The van der Waals surface area contributed by atoms with E-state index in [0.717, 1.165) is 44.9 Å². The monoisotopic (exact) mass is 293 g/mol. The third kappa shape index (κ3) is 2.36. The molecule has 5 nitrogen and oxygen atoms in total. The molecule has 0 aromatic rings. The highest BCUT2D eigenvalue weighted by Crippen LogP contribution is 2.47. The molecule has 1 N–H and O–H groups in total. The highest BCUT2D eigenvalue weighted by molar-refractivity contribution is 6.06. The minimum absolute atomic E-state index is 0.0763. The van der Waals surface area contributed by atoms with Crippen LogP contribution in [0.25, 0.3) is 0 Å². The second-order valence-electron chi connectivity index (χ2n) is 6.88. The van der Waals surface area contributed by atoms with Crippen molar-refractivity contribution in [3.8, 4) is 0 Å². The topological polar surface area (TPSA) is 74.7 Å². The molecular formula is C16H23NO4. The van der Waals surface area contributed by atoms with E-state index in [2.05, 4.69) is 0 Å². The Morgan fingerprint density at radius 2 is 1.71 bits per heavy atom. The Balaban J connectivity index is 1.85. The Kier molecular flexibility index (Phi) is 3.76. The number of amides is 2. The van der Waals surface area contributed by atoms with E-state index in [1.165, 1.54) is 4.90 Å². The average Bonchev–Trinajstić information content (AvgIpc) is 2.89. The Bertz CT molecular complexity index is 465. The minimum Gasteiger partial charge on any atom is -0.481 e. The summed E-state index contributed by atoms with van der Waals surface area (Å²) in [6, 6.07) is -0.412. The van der Waals surface area contributed by atoms with Gasteiger partial charge in [-0.2, -0.15) is 0 Å². The lowest BCUT2D eigenvalue weighted by molar-refractivity contribution is -0.149. The first kappa shape index (κ1) is 14.5. The lowest BCUT2D eigenvalue weighted by Crippen LogP contribution is -2.46. The Morgan fingerprint density at radius 3 is 2.33 bits per heavy atom. The molecule has 3 aliphatic rings. The largest absolute Gasteiger partial charge is 0.481 e. The molecule has 1 saturated heterocycles. The number of nitrogens with zero attached hydrogens (tertiary/aromatic N) is 1. The van der Waals surface area contributed by atoms with Gasteiger partial charge in [0, 0.05) is 6.42 Å². The molecule has 1 spiro atoms. The third-order valence-corrected chi connectivity index (χ3v) is 5.62. The third-order valence-electron chi connectivity index (χ3n) is 5.62. The van der Waals surface area contributed by atoms with E-state index in [0.29, 0.717) is 19.3 Å². The average molecular weight is 293 g/mol. The molecule has 5 heteroatoms. The molecule has 3 rings (SSSR count). The summed E-state index contributed by atoms with van der Waals surface area (Å²) in [5.74, 6) is -1.66. The van der Waals surface area contributed by atoms with Crippen LogP contribution >= 0.6 is 0 Å². The van der Waals surface area contributed by atoms with Crippen molar-refractivity contribution in [2.75, 3.05) is 0 Å². The summed E-state index contributed by atoms with van der Waals surface area (Å²) < 4.78 is 0. The van der Waals surface area contributed by atoms with Crippen molar-refractivity contribution < 1.29 is 19.5 Å². The lowest BCUT2D eigenvalue weighted by Gasteiger charge is -2.29.